The van der Waals surface area contributed by atoms with Crippen molar-refractivity contribution in [3.8, 4) is 0 Å². The first-order valence-corrected chi connectivity index (χ1v) is 4.21. The van der Waals surface area contributed by atoms with Crippen molar-refractivity contribution in [3.63, 3.8) is 0 Å². The van der Waals surface area contributed by atoms with Crippen LogP contribution in [0, 0.1) is 0 Å². The third-order valence-electron chi connectivity index (χ3n) is 1.63. The van der Waals surface area contributed by atoms with Gasteiger partial charge in [-0.1, -0.05) is 17.7 Å². The van der Waals surface area contributed by atoms with E-state index in [1.165, 1.54) is 0 Å². The number of oxazole rings is 1. The normalized spacial score (nSPS) is 10.2. The maximum atomic E-state index is 5.64. The van der Waals surface area contributed by atoms with Gasteiger partial charge < -0.3 is 4.42 Å². The van der Waals surface area contributed by atoms with Crippen molar-refractivity contribution in [1.29, 1.82) is 0 Å². The highest BCUT2D eigenvalue weighted by molar-refractivity contribution is 6.29. The zero-order chi connectivity index (χ0) is 9.10. The van der Waals surface area contributed by atoms with E-state index in [9.17, 15) is 0 Å². The van der Waals surface area contributed by atoms with E-state index in [-0.39, 0.29) is 0 Å². The average molecular weight is 195 g/mol. The minimum atomic E-state index is 0.496. The van der Waals surface area contributed by atoms with Crippen LogP contribution < -0.4 is 0 Å². The Balaban J connectivity index is 2.15. The van der Waals surface area contributed by atoms with E-state index in [0.717, 1.165) is 5.56 Å². The van der Waals surface area contributed by atoms with Gasteiger partial charge in [0.15, 0.2) is 5.89 Å². The van der Waals surface area contributed by atoms with Gasteiger partial charge in [-0.25, -0.2) is 9.97 Å². The van der Waals surface area contributed by atoms with Crippen LogP contribution in [0.4, 0.5) is 0 Å². The van der Waals surface area contributed by atoms with Crippen LogP contribution in [-0.4, -0.2) is 9.97 Å². The fourth-order valence-corrected chi connectivity index (χ4v) is 1.14. The number of aromatic nitrogens is 2. The van der Waals surface area contributed by atoms with E-state index >= 15 is 0 Å². The quantitative estimate of drug-likeness (QED) is 0.689. The van der Waals surface area contributed by atoms with Crippen LogP contribution in [0.5, 0.6) is 0 Å². The molecule has 0 atom stereocenters. The molecule has 0 aromatic carbocycles. The number of hydrogen-bond donors (Lipinski definition) is 0. The van der Waals surface area contributed by atoms with Crippen LogP contribution in [0.15, 0.2) is 35.2 Å². The van der Waals surface area contributed by atoms with Gasteiger partial charge in [-0.3, -0.25) is 0 Å². The van der Waals surface area contributed by atoms with Crippen LogP contribution in [0.2, 0.25) is 5.15 Å². The molecule has 0 N–H and O–H groups in total. The molecule has 0 saturated heterocycles. The van der Waals surface area contributed by atoms with Gasteiger partial charge in [0.25, 0.3) is 0 Å². The van der Waals surface area contributed by atoms with Gasteiger partial charge in [-0.15, -0.1) is 0 Å². The SMILES string of the molecule is Clc1ccc(Cc2ncco2)cn1. The first-order valence-electron chi connectivity index (χ1n) is 3.83. The monoisotopic (exact) mass is 194 g/mol. The van der Waals surface area contributed by atoms with Gasteiger partial charge in [0, 0.05) is 6.20 Å². The smallest absolute Gasteiger partial charge is 0.198 e. The minimum absolute atomic E-state index is 0.496. The molecule has 4 heteroatoms. The zero-order valence-corrected chi connectivity index (χ0v) is 7.53. The van der Waals surface area contributed by atoms with Gasteiger partial charge >= 0.3 is 0 Å². The fraction of sp³-hybridized carbons (Fsp3) is 0.111. The van der Waals surface area contributed by atoms with E-state index in [1.807, 2.05) is 6.07 Å². The highest BCUT2D eigenvalue weighted by Crippen LogP contribution is 2.09. The topological polar surface area (TPSA) is 38.9 Å². The molecule has 0 amide bonds. The molecule has 0 aliphatic rings. The second-order valence-electron chi connectivity index (χ2n) is 2.59. The molecule has 2 aromatic heterocycles. The third kappa shape index (κ3) is 2.06. The summed E-state index contributed by atoms with van der Waals surface area (Å²) in [5.41, 5.74) is 1.03. The first kappa shape index (κ1) is 8.26. The molecular weight excluding hydrogens is 188 g/mol. The van der Waals surface area contributed by atoms with Crippen molar-refractivity contribution < 1.29 is 4.42 Å². The van der Waals surface area contributed by atoms with Gasteiger partial charge in [-0.05, 0) is 11.6 Å². The van der Waals surface area contributed by atoms with Crippen LogP contribution in [0.3, 0.4) is 0 Å². The highest BCUT2D eigenvalue weighted by Gasteiger charge is 1.99. The van der Waals surface area contributed by atoms with Crippen LogP contribution in [-0.2, 0) is 6.42 Å². The Labute approximate surface area is 80.4 Å². The molecule has 0 aliphatic carbocycles. The van der Waals surface area contributed by atoms with E-state index < -0.39 is 0 Å². The fourth-order valence-electron chi connectivity index (χ4n) is 1.03. The predicted octanol–water partition coefficient (Wildman–Crippen LogP) is 2.31. The summed E-state index contributed by atoms with van der Waals surface area (Å²) in [6, 6.07) is 3.65. The molecule has 2 heterocycles. The summed E-state index contributed by atoms with van der Waals surface area (Å²) in [5.74, 6) is 0.684. The summed E-state index contributed by atoms with van der Waals surface area (Å²) in [6.07, 6.45) is 5.54. The second kappa shape index (κ2) is 3.58. The molecule has 0 fully saturated rings. The van der Waals surface area contributed by atoms with Gasteiger partial charge in [0.2, 0.25) is 0 Å². The Hall–Kier alpha value is -1.35. The maximum absolute atomic E-state index is 5.64. The van der Waals surface area contributed by atoms with Crippen molar-refractivity contribution in [3.05, 3.63) is 47.4 Å². The Morgan fingerprint density at radius 3 is 2.85 bits per heavy atom. The van der Waals surface area contributed by atoms with Crippen molar-refractivity contribution in [2.75, 3.05) is 0 Å². The van der Waals surface area contributed by atoms with E-state index in [4.69, 9.17) is 16.0 Å². The minimum Gasteiger partial charge on any atom is -0.449 e. The van der Waals surface area contributed by atoms with Crippen molar-refractivity contribution in [2.24, 2.45) is 0 Å². The van der Waals surface area contributed by atoms with Crippen LogP contribution >= 0.6 is 11.6 Å². The lowest BCUT2D eigenvalue weighted by atomic mass is 10.2. The van der Waals surface area contributed by atoms with Crippen molar-refractivity contribution in [2.45, 2.75) is 6.42 Å². The largest absolute Gasteiger partial charge is 0.449 e. The second-order valence-corrected chi connectivity index (χ2v) is 2.98. The molecule has 0 bridgehead atoms. The maximum Gasteiger partial charge on any atom is 0.198 e. The Morgan fingerprint density at radius 1 is 1.31 bits per heavy atom. The zero-order valence-electron chi connectivity index (χ0n) is 6.77. The van der Waals surface area contributed by atoms with Crippen LogP contribution in [0.25, 0.3) is 0 Å². The van der Waals surface area contributed by atoms with Crippen molar-refractivity contribution in [1.82, 2.24) is 9.97 Å². The number of pyridine rings is 1. The Bertz CT molecular complexity index is 369. The molecule has 66 valence electrons. The molecule has 0 aliphatic heterocycles. The summed E-state index contributed by atoms with van der Waals surface area (Å²) < 4.78 is 5.10. The van der Waals surface area contributed by atoms with E-state index in [1.54, 1.807) is 24.7 Å². The summed E-state index contributed by atoms with van der Waals surface area (Å²) in [4.78, 5) is 7.96. The lowest BCUT2D eigenvalue weighted by Gasteiger charge is -1.95. The number of hydrogen-bond acceptors (Lipinski definition) is 3. The standard InChI is InChI=1S/C9H7ClN2O/c10-8-2-1-7(6-12-8)5-9-11-3-4-13-9/h1-4,6H,5H2. The number of rotatable bonds is 2. The van der Waals surface area contributed by atoms with Gasteiger partial charge in [0.1, 0.15) is 11.4 Å². The van der Waals surface area contributed by atoms with Gasteiger partial charge in [0.05, 0.1) is 12.6 Å². The molecule has 0 spiro atoms. The Kier molecular flexibility index (Phi) is 2.27. The predicted molar refractivity (Wildman–Crippen MR) is 48.6 cm³/mol. The molecule has 3 nitrogen and oxygen atoms in total. The average Bonchev–Trinajstić information content (AvgIpc) is 2.62. The molecule has 2 rings (SSSR count). The highest BCUT2D eigenvalue weighted by atomic mass is 35.5. The first-order chi connectivity index (χ1) is 6.34. The molecule has 0 radical (unpaired) electrons. The van der Waals surface area contributed by atoms with E-state index in [2.05, 4.69) is 9.97 Å². The van der Waals surface area contributed by atoms with Crippen molar-refractivity contribution >= 4 is 11.6 Å². The summed E-state index contributed by atoms with van der Waals surface area (Å²) in [7, 11) is 0. The molecule has 0 saturated carbocycles. The summed E-state index contributed by atoms with van der Waals surface area (Å²) in [5, 5.41) is 0.496. The molecular formula is C9H7ClN2O. The van der Waals surface area contributed by atoms with Crippen LogP contribution in [0.1, 0.15) is 11.5 Å². The lowest BCUT2D eigenvalue weighted by molar-refractivity contribution is 0.506. The molecule has 0 unspecified atom stereocenters. The molecule has 2 aromatic rings. The van der Waals surface area contributed by atoms with Gasteiger partial charge in [-0.2, -0.15) is 0 Å². The molecule has 13 heavy (non-hydrogen) atoms. The Morgan fingerprint density at radius 2 is 2.23 bits per heavy atom. The third-order valence-corrected chi connectivity index (χ3v) is 1.85. The number of halogens is 1. The summed E-state index contributed by atoms with van der Waals surface area (Å²) in [6.45, 7) is 0. The van der Waals surface area contributed by atoms with E-state index in [0.29, 0.717) is 17.5 Å². The lowest BCUT2D eigenvalue weighted by Crippen LogP contribution is -1.88. The summed E-state index contributed by atoms with van der Waals surface area (Å²) >= 11 is 5.64. The number of nitrogens with zero attached hydrogens (tertiary/aromatic N) is 2.